The number of hydrogen-bond acceptors (Lipinski definition) is 5. The van der Waals surface area contributed by atoms with E-state index in [0.29, 0.717) is 5.75 Å². The molecule has 0 bridgehead atoms. The van der Waals surface area contributed by atoms with E-state index >= 15 is 0 Å². The van der Waals surface area contributed by atoms with Crippen LogP contribution in [0, 0.1) is 0 Å². The molecule has 1 aromatic rings. The summed E-state index contributed by atoms with van der Waals surface area (Å²) in [6.07, 6.45) is 1.53. The summed E-state index contributed by atoms with van der Waals surface area (Å²) < 4.78 is 32.1. The van der Waals surface area contributed by atoms with Gasteiger partial charge >= 0.3 is 5.97 Å². The molecular weight excluding hydrogens is 296 g/mol. The van der Waals surface area contributed by atoms with Crippen molar-refractivity contribution in [1.29, 1.82) is 0 Å². The molecular formula is C13H18N2O5S. The molecule has 1 fully saturated rings. The van der Waals surface area contributed by atoms with Crippen LogP contribution in [-0.2, 0) is 14.8 Å². The number of hydrogen-bond donors (Lipinski definition) is 3. The minimum atomic E-state index is -3.56. The third kappa shape index (κ3) is 4.69. The van der Waals surface area contributed by atoms with E-state index in [4.69, 9.17) is 9.84 Å². The summed E-state index contributed by atoms with van der Waals surface area (Å²) >= 11 is 0. The van der Waals surface area contributed by atoms with Crippen molar-refractivity contribution in [2.75, 3.05) is 19.7 Å². The van der Waals surface area contributed by atoms with E-state index < -0.39 is 22.6 Å². The van der Waals surface area contributed by atoms with Gasteiger partial charge in [0.2, 0.25) is 10.0 Å². The molecule has 116 valence electrons. The number of aliphatic carboxylic acids is 1. The molecule has 0 spiro atoms. The fourth-order valence-corrected chi connectivity index (χ4v) is 3.39. The number of rotatable bonds is 6. The third-order valence-corrected chi connectivity index (χ3v) is 4.69. The highest BCUT2D eigenvalue weighted by molar-refractivity contribution is 7.89. The first-order chi connectivity index (χ1) is 9.97. The Labute approximate surface area is 123 Å². The quantitative estimate of drug-likeness (QED) is 0.692. The molecule has 0 saturated carbocycles. The van der Waals surface area contributed by atoms with Gasteiger partial charge in [-0.3, -0.25) is 0 Å². The van der Waals surface area contributed by atoms with E-state index in [1.165, 1.54) is 24.3 Å². The van der Waals surface area contributed by atoms with Crippen LogP contribution in [0.3, 0.4) is 0 Å². The van der Waals surface area contributed by atoms with Gasteiger partial charge in [-0.25, -0.2) is 17.9 Å². The van der Waals surface area contributed by atoms with Gasteiger partial charge in [-0.2, -0.15) is 0 Å². The van der Waals surface area contributed by atoms with Gasteiger partial charge in [0.15, 0.2) is 6.61 Å². The molecule has 8 heteroatoms. The number of carbonyl (C=O) groups is 1. The maximum atomic E-state index is 12.2. The molecule has 0 aliphatic carbocycles. The lowest BCUT2D eigenvalue weighted by Gasteiger charge is -2.23. The van der Waals surface area contributed by atoms with Crippen LogP contribution in [0.15, 0.2) is 29.2 Å². The molecule has 3 N–H and O–H groups in total. The molecule has 1 heterocycles. The molecule has 1 saturated heterocycles. The van der Waals surface area contributed by atoms with E-state index in [1.54, 1.807) is 0 Å². The Kier molecular flexibility index (Phi) is 5.16. The maximum absolute atomic E-state index is 12.2. The highest BCUT2D eigenvalue weighted by atomic mass is 32.2. The zero-order valence-electron chi connectivity index (χ0n) is 11.4. The van der Waals surface area contributed by atoms with Crippen molar-refractivity contribution in [3.8, 4) is 5.75 Å². The van der Waals surface area contributed by atoms with Crippen molar-refractivity contribution in [3.63, 3.8) is 0 Å². The number of ether oxygens (including phenoxy) is 1. The fourth-order valence-electron chi connectivity index (χ4n) is 2.09. The summed E-state index contributed by atoms with van der Waals surface area (Å²) in [5, 5.41) is 11.7. The second-order valence-electron chi connectivity index (χ2n) is 4.80. The minimum Gasteiger partial charge on any atom is -0.482 e. The first-order valence-corrected chi connectivity index (χ1v) is 8.13. The van der Waals surface area contributed by atoms with Gasteiger partial charge in [0, 0.05) is 6.04 Å². The predicted molar refractivity (Wildman–Crippen MR) is 75.8 cm³/mol. The third-order valence-electron chi connectivity index (χ3n) is 3.16. The Morgan fingerprint density at radius 2 is 1.90 bits per heavy atom. The van der Waals surface area contributed by atoms with Gasteiger partial charge in [-0.15, -0.1) is 0 Å². The Bertz CT molecular complexity index is 579. The van der Waals surface area contributed by atoms with Crippen LogP contribution < -0.4 is 14.8 Å². The number of carboxylic acid groups (broad SMARTS) is 1. The average molecular weight is 314 g/mol. The molecule has 0 aromatic heterocycles. The zero-order valence-corrected chi connectivity index (χ0v) is 12.2. The van der Waals surface area contributed by atoms with E-state index in [9.17, 15) is 13.2 Å². The van der Waals surface area contributed by atoms with E-state index in [0.717, 1.165) is 25.9 Å². The van der Waals surface area contributed by atoms with E-state index in [2.05, 4.69) is 10.0 Å². The molecule has 1 aromatic carbocycles. The Morgan fingerprint density at radius 1 is 1.29 bits per heavy atom. The topological polar surface area (TPSA) is 105 Å². The van der Waals surface area contributed by atoms with Gasteiger partial charge in [-0.05, 0) is 50.2 Å². The average Bonchev–Trinajstić information content (AvgIpc) is 2.46. The first-order valence-electron chi connectivity index (χ1n) is 6.65. The SMILES string of the molecule is O=C(O)COc1ccc(S(=O)(=O)NC2CCNCC2)cc1. The maximum Gasteiger partial charge on any atom is 0.341 e. The molecule has 1 aliphatic heterocycles. The zero-order chi connectivity index (χ0) is 15.3. The normalized spacial score (nSPS) is 16.6. The summed E-state index contributed by atoms with van der Waals surface area (Å²) in [6, 6.07) is 5.64. The fraction of sp³-hybridized carbons (Fsp3) is 0.462. The van der Waals surface area contributed by atoms with Crippen molar-refractivity contribution in [2.24, 2.45) is 0 Å². The van der Waals surface area contributed by atoms with Crippen molar-refractivity contribution in [1.82, 2.24) is 10.0 Å². The molecule has 0 amide bonds. The second-order valence-corrected chi connectivity index (χ2v) is 6.51. The lowest BCUT2D eigenvalue weighted by Crippen LogP contribution is -2.42. The summed E-state index contributed by atoms with van der Waals surface area (Å²) in [6.45, 7) is 1.14. The van der Waals surface area contributed by atoms with Crippen LogP contribution >= 0.6 is 0 Å². The molecule has 0 atom stereocenters. The smallest absolute Gasteiger partial charge is 0.341 e. The molecule has 1 aliphatic rings. The molecule has 0 unspecified atom stereocenters. The standard InChI is InChI=1S/C13H18N2O5S/c16-13(17)9-20-11-1-3-12(4-2-11)21(18,19)15-10-5-7-14-8-6-10/h1-4,10,14-15H,5-9H2,(H,16,17). The Morgan fingerprint density at radius 3 is 2.48 bits per heavy atom. The number of sulfonamides is 1. The highest BCUT2D eigenvalue weighted by Crippen LogP contribution is 2.17. The predicted octanol–water partition coefficient (Wildman–Crippen LogP) is 0.180. The second kappa shape index (κ2) is 6.88. The van der Waals surface area contributed by atoms with E-state index in [-0.39, 0.29) is 10.9 Å². The van der Waals surface area contributed by atoms with Gasteiger partial charge in [0.1, 0.15) is 5.75 Å². The van der Waals surface area contributed by atoms with Gasteiger partial charge in [0.25, 0.3) is 0 Å². The largest absolute Gasteiger partial charge is 0.482 e. The van der Waals surface area contributed by atoms with Crippen molar-refractivity contribution >= 4 is 16.0 Å². The van der Waals surface area contributed by atoms with Crippen LogP contribution in [0.25, 0.3) is 0 Å². The molecule has 21 heavy (non-hydrogen) atoms. The van der Waals surface area contributed by atoms with Crippen LogP contribution in [0.1, 0.15) is 12.8 Å². The van der Waals surface area contributed by atoms with Crippen LogP contribution in [0.5, 0.6) is 5.75 Å². The minimum absolute atomic E-state index is 0.0563. The number of piperidine rings is 1. The molecule has 0 radical (unpaired) electrons. The van der Waals surface area contributed by atoms with Crippen LogP contribution in [0.2, 0.25) is 0 Å². The Hall–Kier alpha value is -1.64. The highest BCUT2D eigenvalue weighted by Gasteiger charge is 2.21. The van der Waals surface area contributed by atoms with Crippen molar-refractivity contribution in [2.45, 2.75) is 23.8 Å². The van der Waals surface area contributed by atoms with Gasteiger partial charge in [-0.1, -0.05) is 0 Å². The van der Waals surface area contributed by atoms with Crippen molar-refractivity contribution in [3.05, 3.63) is 24.3 Å². The van der Waals surface area contributed by atoms with Crippen molar-refractivity contribution < 1.29 is 23.1 Å². The summed E-state index contributed by atoms with van der Waals surface area (Å²) in [4.78, 5) is 10.5. The van der Waals surface area contributed by atoms with Crippen LogP contribution in [0.4, 0.5) is 0 Å². The van der Waals surface area contributed by atoms with E-state index in [1.807, 2.05) is 0 Å². The van der Waals surface area contributed by atoms with Crippen LogP contribution in [-0.4, -0.2) is 45.2 Å². The number of benzene rings is 1. The first kappa shape index (κ1) is 15.7. The molecule has 2 rings (SSSR count). The lowest BCUT2D eigenvalue weighted by atomic mass is 10.1. The summed E-state index contributed by atoms with van der Waals surface area (Å²) in [5.74, 6) is -0.766. The molecule has 7 nitrogen and oxygen atoms in total. The Balaban J connectivity index is 2.00. The van der Waals surface area contributed by atoms with Gasteiger partial charge < -0.3 is 15.2 Å². The van der Waals surface area contributed by atoms with Gasteiger partial charge in [0.05, 0.1) is 4.90 Å². The monoisotopic (exact) mass is 314 g/mol. The number of nitrogens with one attached hydrogen (secondary N) is 2. The summed E-state index contributed by atoms with van der Waals surface area (Å²) in [5.41, 5.74) is 0. The summed E-state index contributed by atoms with van der Waals surface area (Å²) in [7, 11) is -3.56. The number of carboxylic acids is 1. The lowest BCUT2D eigenvalue weighted by molar-refractivity contribution is -0.139.